The molecule has 1 rings (SSSR count). The third-order valence-corrected chi connectivity index (χ3v) is 3.99. The Morgan fingerprint density at radius 1 is 1.68 bits per heavy atom. The summed E-state index contributed by atoms with van der Waals surface area (Å²) in [6, 6.07) is 2.13. The zero-order valence-electron chi connectivity index (χ0n) is 11.1. The van der Waals surface area contributed by atoms with Crippen molar-refractivity contribution in [1.29, 1.82) is 5.26 Å². The Morgan fingerprint density at radius 2 is 2.53 bits per heavy atom. The molecule has 0 aromatic carbocycles. The van der Waals surface area contributed by atoms with Gasteiger partial charge in [0, 0.05) is 29.9 Å². The normalized spacial score (nSPS) is 11.3. The van der Waals surface area contributed by atoms with Crippen LogP contribution in [0.4, 0.5) is 5.13 Å². The lowest BCUT2D eigenvalue weighted by Crippen LogP contribution is -2.22. The summed E-state index contributed by atoms with van der Waals surface area (Å²) in [5.41, 5.74) is 6.77. The molecule has 0 fully saturated rings. The second kappa shape index (κ2) is 9.64. The van der Waals surface area contributed by atoms with E-state index in [4.69, 9.17) is 11.0 Å². The number of hydrogen-bond acceptors (Lipinski definition) is 5. The summed E-state index contributed by atoms with van der Waals surface area (Å²) in [6.07, 6.45) is 2.73. The van der Waals surface area contributed by atoms with Crippen LogP contribution < -0.4 is 11.1 Å². The van der Waals surface area contributed by atoms with Gasteiger partial charge in [-0.25, -0.2) is 4.98 Å². The summed E-state index contributed by atoms with van der Waals surface area (Å²) in [6.45, 7) is 2.87. The van der Waals surface area contributed by atoms with E-state index < -0.39 is 0 Å². The molecular weight excluding hydrogens is 278 g/mol. The van der Waals surface area contributed by atoms with Gasteiger partial charge in [0.05, 0.1) is 11.8 Å². The SMILES string of the molecule is CCCCN=C(N)Nc1nc(CSCCC#N)cs1. The predicted molar refractivity (Wildman–Crippen MR) is 83.5 cm³/mol. The number of nitrogens with one attached hydrogen (secondary N) is 1. The standard InChI is InChI=1S/C12H19N5S2/c1-2-3-6-15-11(14)17-12-16-10(9-19-12)8-18-7-4-5-13/h9H,2-4,6-8H2,1H3,(H3,14,15,16,17). The van der Waals surface area contributed by atoms with E-state index in [0.717, 1.165) is 41.7 Å². The van der Waals surface area contributed by atoms with Gasteiger partial charge in [-0.1, -0.05) is 13.3 Å². The molecule has 19 heavy (non-hydrogen) atoms. The molecule has 0 amide bonds. The number of thioether (sulfide) groups is 1. The number of unbranched alkanes of at least 4 members (excludes halogenated alkanes) is 1. The van der Waals surface area contributed by atoms with Gasteiger partial charge >= 0.3 is 0 Å². The summed E-state index contributed by atoms with van der Waals surface area (Å²) < 4.78 is 0. The summed E-state index contributed by atoms with van der Waals surface area (Å²) in [5, 5.41) is 14.2. The van der Waals surface area contributed by atoms with Crippen LogP contribution in [-0.4, -0.2) is 23.2 Å². The molecule has 7 heteroatoms. The van der Waals surface area contributed by atoms with Crippen LogP contribution in [0.1, 0.15) is 31.9 Å². The van der Waals surface area contributed by atoms with Crippen molar-refractivity contribution in [1.82, 2.24) is 4.98 Å². The van der Waals surface area contributed by atoms with E-state index in [-0.39, 0.29) is 0 Å². The van der Waals surface area contributed by atoms with E-state index in [9.17, 15) is 0 Å². The van der Waals surface area contributed by atoms with Crippen LogP contribution in [0.3, 0.4) is 0 Å². The first-order valence-corrected chi connectivity index (χ1v) is 8.25. The second-order valence-electron chi connectivity index (χ2n) is 3.85. The molecule has 104 valence electrons. The molecule has 0 aliphatic heterocycles. The predicted octanol–water partition coefficient (Wildman–Crippen LogP) is 2.82. The van der Waals surface area contributed by atoms with Crippen molar-refractivity contribution in [3.8, 4) is 6.07 Å². The maximum absolute atomic E-state index is 8.44. The Balaban J connectivity index is 2.33. The van der Waals surface area contributed by atoms with Crippen LogP contribution in [-0.2, 0) is 5.75 Å². The third kappa shape index (κ3) is 7.03. The fourth-order valence-corrected chi connectivity index (χ4v) is 2.79. The lowest BCUT2D eigenvalue weighted by atomic mass is 10.3. The molecule has 0 atom stereocenters. The number of nitriles is 1. The molecule has 0 saturated heterocycles. The Morgan fingerprint density at radius 3 is 3.26 bits per heavy atom. The zero-order valence-corrected chi connectivity index (χ0v) is 12.7. The zero-order chi connectivity index (χ0) is 13.9. The highest BCUT2D eigenvalue weighted by atomic mass is 32.2. The molecule has 0 spiro atoms. The van der Waals surface area contributed by atoms with Gasteiger partial charge in [-0.2, -0.15) is 17.0 Å². The molecule has 0 radical (unpaired) electrons. The van der Waals surface area contributed by atoms with Gasteiger partial charge in [0.25, 0.3) is 0 Å². The van der Waals surface area contributed by atoms with Crippen LogP contribution in [0.25, 0.3) is 0 Å². The Bertz CT molecular complexity index is 436. The van der Waals surface area contributed by atoms with Crippen LogP contribution >= 0.6 is 23.1 Å². The first-order valence-electron chi connectivity index (χ1n) is 6.22. The van der Waals surface area contributed by atoms with Crippen LogP contribution in [0.5, 0.6) is 0 Å². The highest BCUT2D eigenvalue weighted by molar-refractivity contribution is 7.98. The van der Waals surface area contributed by atoms with Crippen LogP contribution in [0.15, 0.2) is 10.4 Å². The fraction of sp³-hybridized carbons (Fsp3) is 0.583. The van der Waals surface area contributed by atoms with Gasteiger partial charge in [0.2, 0.25) is 0 Å². The van der Waals surface area contributed by atoms with Gasteiger partial charge in [-0.3, -0.25) is 4.99 Å². The Hall–Kier alpha value is -1.26. The van der Waals surface area contributed by atoms with Gasteiger partial charge in [-0.15, -0.1) is 11.3 Å². The molecule has 0 unspecified atom stereocenters. The maximum atomic E-state index is 8.44. The maximum Gasteiger partial charge on any atom is 0.194 e. The van der Waals surface area contributed by atoms with Crippen LogP contribution in [0.2, 0.25) is 0 Å². The average molecular weight is 297 g/mol. The van der Waals surface area contributed by atoms with Crippen molar-refractivity contribution >= 4 is 34.2 Å². The average Bonchev–Trinajstić information content (AvgIpc) is 2.82. The molecule has 1 heterocycles. The van der Waals surface area contributed by atoms with Gasteiger partial charge in [0.15, 0.2) is 11.1 Å². The van der Waals surface area contributed by atoms with Crippen molar-refractivity contribution in [3.63, 3.8) is 0 Å². The first-order chi connectivity index (χ1) is 9.26. The van der Waals surface area contributed by atoms with E-state index in [0.29, 0.717) is 12.4 Å². The number of aromatic nitrogens is 1. The first kappa shape index (κ1) is 15.8. The van der Waals surface area contributed by atoms with Crippen molar-refractivity contribution in [2.75, 3.05) is 17.6 Å². The number of anilines is 1. The Labute approximate surface area is 122 Å². The molecule has 5 nitrogen and oxygen atoms in total. The van der Waals surface area contributed by atoms with E-state index in [2.05, 4.69) is 28.3 Å². The number of aliphatic imine (C=N–C) groups is 1. The number of guanidine groups is 1. The highest BCUT2D eigenvalue weighted by Crippen LogP contribution is 2.19. The molecule has 3 N–H and O–H groups in total. The largest absolute Gasteiger partial charge is 0.370 e. The third-order valence-electron chi connectivity index (χ3n) is 2.19. The van der Waals surface area contributed by atoms with Gasteiger partial charge in [-0.05, 0) is 6.42 Å². The number of nitrogens with two attached hydrogens (primary N) is 1. The van der Waals surface area contributed by atoms with Crippen molar-refractivity contribution in [3.05, 3.63) is 11.1 Å². The monoisotopic (exact) mass is 297 g/mol. The minimum absolute atomic E-state index is 0.423. The Kier molecular flexibility index (Phi) is 8.02. The van der Waals surface area contributed by atoms with E-state index in [1.807, 2.05) is 5.38 Å². The van der Waals surface area contributed by atoms with Crippen molar-refractivity contribution in [2.24, 2.45) is 10.7 Å². The quantitative estimate of drug-likeness (QED) is 0.437. The minimum Gasteiger partial charge on any atom is -0.370 e. The number of nitrogens with zero attached hydrogens (tertiary/aromatic N) is 3. The number of thiazole rings is 1. The van der Waals surface area contributed by atoms with Gasteiger partial charge in [0.1, 0.15) is 0 Å². The molecule has 1 aromatic heterocycles. The summed E-state index contributed by atoms with van der Waals surface area (Å²) in [5.74, 6) is 2.09. The molecule has 0 aliphatic carbocycles. The van der Waals surface area contributed by atoms with Crippen molar-refractivity contribution in [2.45, 2.75) is 31.9 Å². The van der Waals surface area contributed by atoms with Crippen LogP contribution in [0, 0.1) is 11.3 Å². The van der Waals surface area contributed by atoms with E-state index in [1.165, 1.54) is 11.3 Å². The number of hydrogen-bond donors (Lipinski definition) is 2. The van der Waals surface area contributed by atoms with E-state index in [1.54, 1.807) is 11.8 Å². The summed E-state index contributed by atoms with van der Waals surface area (Å²) >= 11 is 3.23. The van der Waals surface area contributed by atoms with Crippen molar-refractivity contribution < 1.29 is 0 Å². The topological polar surface area (TPSA) is 87.1 Å². The van der Waals surface area contributed by atoms with E-state index >= 15 is 0 Å². The fourth-order valence-electron chi connectivity index (χ4n) is 1.23. The lowest BCUT2D eigenvalue weighted by Gasteiger charge is -2.00. The molecule has 1 aromatic rings. The lowest BCUT2D eigenvalue weighted by molar-refractivity contribution is 0.807. The smallest absolute Gasteiger partial charge is 0.194 e. The summed E-state index contributed by atoms with van der Waals surface area (Å²) in [4.78, 5) is 8.63. The number of rotatable bonds is 8. The minimum atomic E-state index is 0.423. The van der Waals surface area contributed by atoms with Gasteiger partial charge < -0.3 is 11.1 Å². The molecule has 0 bridgehead atoms. The molecule has 0 saturated carbocycles. The molecule has 0 aliphatic rings. The summed E-state index contributed by atoms with van der Waals surface area (Å²) in [7, 11) is 0. The highest BCUT2D eigenvalue weighted by Gasteiger charge is 2.03. The molecular formula is C12H19N5S2. The second-order valence-corrected chi connectivity index (χ2v) is 5.81.